The van der Waals surface area contributed by atoms with E-state index in [1.807, 2.05) is 164 Å². The quantitative estimate of drug-likeness (QED) is 0.146. The smallest absolute Gasteiger partial charge is 0.164 e. The van der Waals surface area contributed by atoms with Gasteiger partial charge in [-0.2, -0.15) is 21.0 Å². The summed E-state index contributed by atoms with van der Waals surface area (Å²) >= 11 is 0. The van der Waals surface area contributed by atoms with Crippen LogP contribution in [0.25, 0.3) is 168 Å². The lowest BCUT2D eigenvalue weighted by Gasteiger charge is -2.30. The molecule has 2 unspecified atom stereocenters. The number of rotatable bonds is 7. The molecule has 0 amide bonds. The summed E-state index contributed by atoms with van der Waals surface area (Å²) in [6, 6.07) is 108. The maximum Gasteiger partial charge on any atom is 0.164 e. The fraction of sp³-hybridized carbons (Fsp3) is 0.0208. The lowest BCUT2D eigenvalue weighted by atomic mass is 9.70. The predicted molar refractivity (Wildman–Crippen MR) is 417 cm³/mol. The Balaban J connectivity index is 0.653. The van der Waals surface area contributed by atoms with Gasteiger partial charge in [-0.15, -0.1) is 0 Å². The highest BCUT2D eigenvalue weighted by atomic mass is 16.3. The molecule has 4 heterocycles. The van der Waals surface area contributed by atoms with E-state index in [2.05, 4.69) is 146 Å². The van der Waals surface area contributed by atoms with E-state index in [1.165, 1.54) is 0 Å². The lowest BCUT2D eigenvalue weighted by molar-refractivity contribution is 0.668. The standard InChI is InChI=1S/C96H48N10O2/c97-49-53-28-40-80-70(43-53)87-82(107-80)42-39-78-88(87)84-62(51-99)21-14-26-76(84)95(78)72-24-12-10-22-64(72)68-45-60(33-36-74(68)95)94-105-91(58-19-8-3-9-20-58)102-92(106-94)59-31-29-55(30-32-59)67-48-83-71(47-63(67)52-100)86-81(108-83)41-38-77-85(86)66-35-27-54(50-98)44-79(66)96(77)73-25-13-11-23-65(73)69-46-61(34-37-75(69)96)93-103-89(56-15-4-1-5-16-56)101-90(104-93)57-17-6-2-7-18-57/h1-48H. The second-order valence-corrected chi connectivity index (χ2v) is 27.9. The van der Waals surface area contributed by atoms with Crippen LogP contribution in [0.3, 0.4) is 0 Å². The van der Waals surface area contributed by atoms with Crippen LogP contribution in [0.5, 0.6) is 0 Å². The van der Waals surface area contributed by atoms with Gasteiger partial charge in [0.25, 0.3) is 0 Å². The van der Waals surface area contributed by atoms with Crippen molar-refractivity contribution >= 4 is 43.9 Å². The molecule has 0 radical (unpaired) electrons. The van der Waals surface area contributed by atoms with Crippen LogP contribution in [0.1, 0.15) is 66.8 Å². The molecule has 108 heavy (non-hydrogen) atoms. The Morgan fingerprint density at radius 2 is 0.639 bits per heavy atom. The first-order chi connectivity index (χ1) is 53.3. The zero-order chi connectivity index (χ0) is 71.7. The molecule has 4 aliphatic rings. The molecule has 12 nitrogen and oxygen atoms in total. The van der Waals surface area contributed by atoms with E-state index in [0.717, 1.165) is 150 Å². The van der Waals surface area contributed by atoms with Crippen LogP contribution >= 0.6 is 0 Å². The molecule has 0 aliphatic heterocycles. The van der Waals surface area contributed by atoms with Gasteiger partial charge < -0.3 is 8.83 Å². The minimum absolute atomic E-state index is 0.467. The van der Waals surface area contributed by atoms with Crippen molar-refractivity contribution in [2.45, 2.75) is 10.8 Å². The van der Waals surface area contributed by atoms with E-state index in [0.29, 0.717) is 85.1 Å². The maximum absolute atomic E-state index is 11.3. The fourth-order valence-electron chi connectivity index (χ4n) is 18.1. The summed E-state index contributed by atoms with van der Waals surface area (Å²) in [5.41, 5.74) is 25.8. The van der Waals surface area contributed by atoms with Crippen molar-refractivity contribution in [2.75, 3.05) is 0 Å². The van der Waals surface area contributed by atoms with Gasteiger partial charge in [0.15, 0.2) is 34.9 Å². The van der Waals surface area contributed by atoms with Gasteiger partial charge in [-0.3, -0.25) is 0 Å². The van der Waals surface area contributed by atoms with E-state index >= 15 is 0 Å². The number of benzene rings is 14. The van der Waals surface area contributed by atoms with E-state index in [-0.39, 0.29) is 0 Å². The largest absolute Gasteiger partial charge is 0.456 e. The van der Waals surface area contributed by atoms with Crippen molar-refractivity contribution in [3.63, 3.8) is 0 Å². The molecular weight excluding hydrogens is 1330 g/mol. The summed E-state index contributed by atoms with van der Waals surface area (Å²) in [5, 5.41) is 46.3. The fourth-order valence-corrected chi connectivity index (χ4v) is 18.1. The molecule has 12 heteroatoms. The molecule has 0 bridgehead atoms. The van der Waals surface area contributed by atoms with Crippen molar-refractivity contribution < 1.29 is 8.83 Å². The highest BCUT2D eigenvalue weighted by Gasteiger charge is 2.55. The van der Waals surface area contributed by atoms with Crippen molar-refractivity contribution in [2.24, 2.45) is 0 Å². The molecule has 0 saturated heterocycles. The van der Waals surface area contributed by atoms with Gasteiger partial charge in [-0.1, -0.05) is 218 Å². The molecule has 0 fully saturated rings. The summed E-state index contributed by atoms with van der Waals surface area (Å²) < 4.78 is 13.5. The molecule has 0 N–H and O–H groups in total. The predicted octanol–water partition coefficient (Wildman–Crippen LogP) is 21.7. The third-order valence-electron chi connectivity index (χ3n) is 22.6. The molecule has 4 aromatic heterocycles. The first-order valence-corrected chi connectivity index (χ1v) is 35.5. The third-order valence-corrected chi connectivity index (χ3v) is 22.6. The van der Waals surface area contributed by atoms with Gasteiger partial charge in [0, 0.05) is 66.1 Å². The topological polar surface area (TPSA) is 199 Å². The summed E-state index contributed by atoms with van der Waals surface area (Å²) in [6.45, 7) is 0. The highest BCUT2D eigenvalue weighted by Crippen LogP contribution is 2.67. The third kappa shape index (κ3) is 8.28. The molecule has 22 rings (SSSR count). The van der Waals surface area contributed by atoms with Gasteiger partial charge in [0.1, 0.15) is 22.3 Å². The minimum atomic E-state index is -0.847. The Morgan fingerprint density at radius 1 is 0.231 bits per heavy atom. The molecule has 14 aromatic carbocycles. The number of aromatic nitrogens is 6. The van der Waals surface area contributed by atoms with Crippen LogP contribution in [-0.2, 0) is 10.8 Å². The number of nitrogens with zero attached hydrogens (tertiary/aromatic N) is 10. The van der Waals surface area contributed by atoms with Crippen LogP contribution in [-0.4, -0.2) is 29.9 Å². The highest BCUT2D eigenvalue weighted by molar-refractivity contribution is 6.19. The average molecular weight is 1370 g/mol. The molecule has 2 atom stereocenters. The number of hydrogen-bond acceptors (Lipinski definition) is 12. The summed E-state index contributed by atoms with van der Waals surface area (Å²) in [4.78, 5) is 31.0. The zero-order valence-corrected chi connectivity index (χ0v) is 57.0. The average Bonchev–Trinajstić information content (AvgIpc) is 1.50. The van der Waals surface area contributed by atoms with Crippen molar-refractivity contribution in [3.8, 4) is 148 Å². The minimum Gasteiger partial charge on any atom is -0.456 e. The van der Waals surface area contributed by atoms with E-state index in [9.17, 15) is 21.0 Å². The van der Waals surface area contributed by atoms with Crippen molar-refractivity contribution in [3.05, 3.63) is 358 Å². The van der Waals surface area contributed by atoms with Crippen LogP contribution < -0.4 is 0 Å². The van der Waals surface area contributed by atoms with Gasteiger partial charge >= 0.3 is 0 Å². The van der Waals surface area contributed by atoms with Crippen molar-refractivity contribution in [1.82, 2.24) is 29.9 Å². The second kappa shape index (κ2) is 22.6. The first-order valence-electron chi connectivity index (χ1n) is 35.5. The van der Waals surface area contributed by atoms with Crippen LogP contribution in [0, 0.1) is 45.3 Å². The van der Waals surface area contributed by atoms with E-state index in [4.69, 9.17) is 38.7 Å². The Kier molecular flexibility index (Phi) is 12.6. The summed E-state index contributed by atoms with van der Waals surface area (Å²) in [6.07, 6.45) is 0. The maximum atomic E-state index is 11.3. The second-order valence-electron chi connectivity index (χ2n) is 27.9. The van der Waals surface area contributed by atoms with E-state index < -0.39 is 10.8 Å². The Bertz CT molecular complexity index is 7180. The SMILES string of the molecule is N#Cc1ccc2c(c1)C1(c3ccccc3-c3cc(-c4nc(-c5ccccc5)nc(-c5ccccc5)n4)ccc31)c1ccc3oc4cc(-c5ccc(-c6nc(-c7ccccc7)nc(-c7ccc8c(c7)-c7ccccc7C87c8cccc(C#N)c8-c8c7ccc7oc9ccc(C#N)cc9c87)n6)cc5)c(C#N)cc4c3c1-2. The number of fused-ring (bicyclic) bond motifs is 28. The molecular formula is C96H48N10O2. The monoisotopic (exact) mass is 1370 g/mol. The first kappa shape index (κ1) is 60.3. The number of hydrogen-bond donors (Lipinski definition) is 0. The van der Waals surface area contributed by atoms with Crippen LogP contribution in [0.15, 0.2) is 300 Å². The van der Waals surface area contributed by atoms with Gasteiger partial charge in [-0.05, 0) is 162 Å². The van der Waals surface area contributed by atoms with Gasteiger partial charge in [0.2, 0.25) is 0 Å². The molecule has 4 aliphatic carbocycles. The molecule has 2 spiro atoms. The Morgan fingerprint density at radius 3 is 1.19 bits per heavy atom. The zero-order valence-electron chi connectivity index (χ0n) is 57.0. The Labute approximate surface area is 617 Å². The molecule has 0 saturated carbocycles. The van der Waals surface area contributed by atoms with Crippen molar-refractivity contribution in [1.29, 1.82) is 21.0 Å². The summed E-state index contributed by atoms with van der Waals surface area (Å²) in [5.74, 6) is 3.16. The van der Waals surface area contributed by atoms with Crippen LogP contribution in [0.4, 0.5) is 0 Å². The van der Waals surface area contributed by atoms with Crippen LogP contribution in [0.2, 0.25) is 0 Å². The summed E-state index contributed by atoms with van der Waals surface area (Å²) in [7, 11) is 0. The van der Waals surface area contributed by atoms with Gasteiger partial charge in [-0.25, -0.2) is 29.9 Å². The van der Waals surface area contributed by atoms with Gasteiger partial charge in [0.05, 0.1) is 57.4 Å². The normalized spacial score (nSPS) is 14.9. The van der Waals surface area contributed by atoms with E-state index in [1.54, 1.807) is 6.07 Å². The molecule has 18 aromatic rings. The molecule has 494 valence electrons. The number of nitriles is 4. The lowest BCUT2D eigenvalue weighted by Crippen LogP contribution is -2.26. The Hall–Kier alpha value is -15.3. The number of furan rings is 2.